The van der Waals surface area contributed by atoms with Crippen LogP contribution in [0.2, 0.25) is 0 Å². The topological polar surface area (TPSA) is 72.1 Å². The fourth-order valence-electron chi connectivity index (χ4n) is 4.49. The third kappa shape index (κ3) is 5.41. The molecule has 2 aromatic rings. The van der Waals surface area contributed by atoms with Crippen LogP contribution in [0, 0.1) is 5.92 Å². The summed E-state index contributed by atoms with van der Waals surface area (Å²) in [4.78, 5) is 15.1. The first-order valence-corrected chi connectivity index (χ1v) is 11.3. The zero-order chi connectivity index (χ0) is 22.3. The van der Waals surface area contributed by atoms with Crippen LogP contribution in [0.25, 0.3) is 0 Å². The van der Waals surface area contributed by atoms with Gasteiger partial charge in [-0.15, -0.1) is 0 Å². The normalized spacial score (nSPS) is 21.5. The molecule has 2 heterocycles. The van der Waals surface area contributed by atoms with Crippen LogP contribution in [0.4, 0.5) is 0 Å². The van der Waals surface area contributed by atoms with Crippen LogP contribution < -0.4 is 20.3 Å². The van der Waals surface area contributed by atoms with Crippen LogP contribution in [-0.2, 0) is 16.1 Å². The predicted octanol–water partition coefficient (Wildman–Crippen LogP) is 3.07. The molecular formula is C25H33N3O4. The number of amides is 1. The lowest BCUT2D eigenvalue weighted by Gasteiger charge is -2.33. The molecule has 2 fully saturated rings. The fraction of sp³-hybridized carbons (Fsp3) is 0.480. The number of hydrogen-bond acceptors (Lipinski definition) is 6. The Kier molecular flexibility index (Phi) is 7.63. The van der Waals surface area contributed by atoms with Gasteiger partial charge in [-0.3, -0.25) is 4.79 Å². The van der Waals surface area contributed by atoms with Gasteiger partial charge < -0.3 is 19.1 Å². The Bertz CT molecular complexity index is 884. The average Bonchev–Trinajstić information content (AvgIpc) is 3.34. The molecule has 1 amide bonds. The Hall–Kier alpha value is -2.61. The maximum atomic E-state index is 13.1. The molecule has 0 spiro atoms. The SMILES string of the molecule is COc1ccc(OC)c(C2CC(C(=O)N3CCC(COCc4ccccc4)CC3)NN2)c1. The third-order valence-corrected chi connectivity index (χ3v) is 6.40. The van der Waals surface area contributed by atoms with Crippen molar-refractivity contribution in [3.8, 4) is 11.5 Å². The predicted molar refractivity (Wildman–Crippen MR) is 122 cm³/mol. The Balaban J connectivity index is 1.24. The summed E-state index contributed by atoms with van der Waals surface area (Å²) >= 11 is 0. The van der Waals surface area contributed by atoms with Crippen molar-refractivity contribution >= 4 is 5.91 Å². The van der Waals surface area contributed by atoms with Crippen molar-refractivity contribution in [2.45, 2.75) is 38.0 Å². The maximum Gasteiger partial charge on any atom is 0.241 e. The number of ether oxygens (including phenoxy) is 3. The number of piperidine rings is 1. The summed E-state index contributed by atoms with van der Waals surface area (Å²) < 4.78 is 16.8. The first-order valence-electron chi connectivity index (χ1n) is 11.3. The summed E-state index contributed by atoms with van der Waals surface area (Å²) in [5.41, 5.74) is 8.65. The standard InChI is InChI=1S/C25H33N3O4/c1-30-20-8-9-24(31-2)21(14-20)22-15-23(27-26-22)25(29)28-12-10-19(11-13-28)17-32-16-18-6-4-3-5-7-18/h3-9,14,19,22-23,26-27H,10-13,15-17H2,1-2H3. The molecule has 2 unspecified atom stereocenters. The summed E-state index contributed by atoms with van der Waals surface area (Å²) in [5, 5.41) is 0. The van der Waals surface area contributed by atoms with E-state index in [1.165, 1.54) is 5.56 Å². The lowest BCUT2D eigenvalue weighted by molar-refractivity contribution is -0.134. The first-order chi connectivity index (χ1) is 15.7. The molecule has 2 aliphatic heterocycles. The van der Waals surface area contributed by atoms with Crippen molar-refractivity contribution in [1.82, 2.24) is 15.8 Å². The molecule has 7 heteroatoms. The van der Waals surface area contributed by atoms with E-state index >= 15 is 0 Å². The zero-order valence-corrected chi connectivity index (χ0v) is 18.9. The highest BCUT2D eigenvalue weighted by atomic mass is 16.5. The molecule has 32 heavy (non-hydrogen) atoms. The minimum Gasteiger partial charge on any atom is -0.497 e. The monoisotopic (exact) mass is 439 g/mol. The molecule has 0 saturated carbocycles. The van der Waals surface area contributed by atoms with Crippen molar-refractivity contribution in [2.75, 3.05) is 33.9 Å². The summed E-state index contributed by atoms with van der Waals surface area (Å²) in [7, 11) is 3.30. The number of hydrogen-bond donors (Lipinski definition) is 2. The van der Waals surface area contributed by atoms with Crippen molar-refractivity contribution in [1.29, 1.82) is 0 Å². The van der Waals surface area contributed by atoms with Gasteiger partial charge in [-0.25, -0.2) is 10.9 Å². The number of methoxy groups -OCH3 is 2. The smallest absolute Gasteiger partial charge is 0.241 e. The van der Waals surface area contributed by atoms with Crippen LogP contribution in [0.1, 0.15) is 36.4 Å². The number of likely N-dealkylation sites (tertiary alicyclic amines) is 1. The molecule has 0 aromatic heterocycles. The number of nitrogens with zero attached hydrogens (tertiary/aromatic N) is 1. The Morgan fingerprint density at radius 2 is 1.81 bits per heavy atom. The second-order valence-electron chi connectivity index (χ2n) is 8.51. The van der Waals surface area contributed by atoms with Gasteiger partial charge in [0.05, 0.1) is 26.9 Å². The molecular weight excluding hydrogens is 406 g/mol. The van der Waals surface area contributed by atoms with Gasteiger partial charge in [-0.05, 0) is 48.9 Å². The van der Waals surface area contributed by atoms with Gasteiger partial charge in [-0.1, -0.05) is 30.3 Å². The molecule has 2 aromatic carbocycles. The lowest BCUT2D eigenvalue weighted by atomic mass is 9.96. The molecule has 2 N–H and O–H groups in total. The molecule has 2 atom stereocenters. The van der Waals surface area contributed by atoms with Crippen molar-refractivity contribution < 1.29 is 19.0 Å². The minimum atomic E-state index is -0.248. The van der Waals surface area contributed by atoms with Gasteiger partial charge in [0.25, 0.3) is 0 Å². The first kappa shape index (κ1) is 22.6. The van der Waals surface area contributed by atoms with Gasteiger partial charge in [0, 0.05) is 25.3 Å². The number of hydrazine groups is 1. The fourth-order valence-corrected chi connectivity index (χ4v) is 4.49. The van der Waals surface area contributed by atoms with Crippen molar-refractivity contribution in [2.24, 2.45) is 5.92 Å². The highest BCUT2D eigenvalue weighted by Crippen LogP contribution is 2.33. The van der Waals surface area contributed by atoms with E-state index in [9.17, 15) is 4.79 Å². The summed E-state index contributed by atoms with van der Waals surface area (Å²) in [6.07, 6.45) is 2.63. The Morgan fingerprint density at radius 1 is 1.03 bits per heavy atom. The van der Waals surface area contributed by atoms with Crippen LogP contribution in [-0.4, -0.2) is 50.8 Å². The summed E-state index contributed by atoms with van der Waals surface area (Å²) in [5.74, 6) is 2.22. The van der Waals surface area contributed by atoms with Gasteiger partial charge in [0.2, 0.25) is 5.91 Å². The van der Waals surface area contributed by atoms with Gasteiger partial charge in [0.15, 0.2) is 0 Å². The maximum absolute atomic E-state index is 13.1. The molecule has 7 nitrogen and oxygen atoms in total. The van der Waals surface area contributed by atoms with Crippen LogP contribution in [0.3, 0.4) is 0 Å². The molecule has 0 radical (unpaired) electrons. The largest absolute Gasteiger partial charge is 0.497 e. The minimum absolute atomic E-state index is 0.0158. The highest BCUT2D eigenvalue weighted by molar-refractivity contribution is 5.82. The quantitative estimate of drug-likeness (QED) is 0.659. The van der Waals surface area contributed by atoms with Crippen LogP contribution in [0.15, 0.2) is 48.5 Å². The second kappa shape index (κ2) is 10.8. The van der Waals surface area contributed by atoms with Crippen LogP contribution in [0.5, 0.6) is 11.5 Å². The molecule has 172 valence electrons. The van der Waals surface area contributed by atoms with Crippen LogP contribution >= 0.6 is 0 Å². The molecule has 2 aliphatic rings. The summed E-state index contributed by atoms with van der Waals surface area (Å²) in [6, 6.07) is 15.7. The number of carbonyl (C=O) groups excluding carboxylic acids is 1. The highest BCUT2D eigenvalue weighted by Gasteiger charge is 2.35. The van der Waals surface area contributed by atoms with E-state index in [1.54, 1.807) is 14.2 Å². The number of rotatable bonds is 8. The van der Waals surface area contributed by atoms with E-state index < -0.39 is 0 Å². The third-order valence-electron chi connectivity index (χ3n) is 6.40. The molecule has 2 saturated heterocycles. The number of carbonyl (C=O) groups is 1. The molecule has 0 aliphatic carbocycles. The van der Waals surface area contributed by atoms with Gasteiger partial charge in [0.1, 0.15) is 17.5 Å². The van der Waals surface area contributed by atoms with E-state index in [4.69, 9.17) is 14.2 Å². The van der Waals surface area contributed by atoms with Gasteiger partial charge in [-0.2, -0.15) is 0 Å². The number of nitrogens with one attached hydrogen (secondary N) is 2. The van der Waals surface area contributed by atoms with Gasteiger partial charge >= 0.3 is 0 Å². The second-order valence-corrected chi connectivity index (χ2v) is 8.51. The van der Waals surface area contributed by atoms with E-state index in [0.717, 1.165) is 49.6 Å². The Morgan fingerprint density at radius 3 is 2.53 bits per heavy atom. The van der Waals surface area contributed by atoms with E-state index in [2.05, 4.69) is 23.0 Å². The summed E-state index contributed by atoms with van der Waals surface area (Å²) in [6.45, 7) is 2.96. The van der Waals surface area contributed by atoms with E-state index in [-0.39, 0.29) is 18.0 Å². The molecule has 0 bridgehead atoms. The van der Waals surface area contributed by atoms with E-state index in [0.29, 0.717) is 18.9 Å². The van der Waals surface area contributed by atoms with Crippen molar-refractivity contribution in [3.63, 3.8) is 0 Å². The average molecular weight is 440 g/mol. The number of benzene rings is 2. The molecule has 4 rings (SSSR count). The lowest BCUT2D eigenvalue weighted by Crippen LogP contribution is -2.48. The van der Waals surface area contributed by atoms with E-state index in [1.807, 2.05) is 41.3 Å². The Labute approximate surface area is 190 Å². The van der Waals surface area contributed by atoms with Crippen molar-refractivity contribution in [3.05, 3.63) is 59.7 Å². The zero-order valence-electron chi connectivity index (χ0n) is 18.9.